The summed E-state index contributed by atoms with van der Waals surface area (Å²) in [4.78, 5) is 59.5. The number of methoxy groups -OCH3 is 1. The minimum absolute atomic E-state index is 0.0794. The van der Waals surface area contributed by atoms with Gasteiger partial charge in [-0.2, -0.15) is 0 Å². The van der Waals surface area contributed by atoms with Crippen molar-refractivity contribution < 1.29 is 38.5 Å². The molecule has 0 aliphatic carbocycles. The second kappa shape index (κ2) is 13.4. The Labute approximate surface area is 264 Å². The molecule has 244 valence electrons. The van der Waals surface area contributed by atoms with Gasteiger partial charge in [-0.1, -0.05) is 68.5 Å². The van der Waals surface area contributed by atoms with Crippen molar-refractivity contribution in [1.82, 2.24) is 15.1 Å². The topological polar surface area (TPSA) is 135 Å². The number of carbonyl (C=O) groups is 4. The van der Waals surface area contributed by atoms with Crippen LogP contribution in [0.4, 0.5) is 0 Å². The highest BCUT2D eigenvalue weighted by Gasteiger charge is 2.72. The zero-order valence-electron chi connectivity index (χ0n) is 26.6. The summed E-state index contributed by atoms with van der Waals surface area (Å²) in [7, 11) is 1.51. The molecule has 0 unspecified atom stereocenters. The molecule has 4 aliphatic heterocycles. The van der Waals surface area contributed by atoms with E-state index >= 15 is 0 Å². The summed E-state index contributed by atoms with van der Waals surface area (Å²) in [5, 5.41) is 13.5. The maximum absolute atomic E-state index is 14.6. The van der Waals surface area contributed by atoms with Crippen molar-refractivity contribution in [3.63, 3.8) is 0 Å². The van der Waals surface area contributed by atoms with E-state index in [-0.39, 0.29) is 43.4 Å². The molecule has 11 nitrogen and oxygen atoms in total. The summed E-state index contributed by atoms with van der Waals surface area (Å²) in [5.41, 5.74) is -0.818. The Balaban J connectivity index is 1.65. The van der Waals surface area contributed by atoms with Crippen molar-refractivity contribution in [3.8, 4) is 0 Å². The highest BCUT2D eigenvalue weighted by molar-refractivity contribution is 5.99. The van der Waals surface area contributed by atoms with Crippen molar-refractivity contribution in [3.05, 3.63) is 60.2 Å². The third-order valence-corrected chi connectivity index (χ3v) is 9.47. The first-order valence-corrected chi connectivity index (χ1v) is 15.8. The van der Waals surface area contributed by atoms with Crippen LogP contribution >= 0.6 is 0 Å². The molecule has 2 fully saturated rings. The van der Waals surface area contributed by atoms with Crippen molar-refractivity contribution in [2.75, 3.05) is 26.9 Å². The fourth-order valence-electron chi connectivity index (χ4n) is 7.29. The number of aliphatic hydroxyl groups excluding tert-OH is 1. The summed E-state index contributed by atoms with van der Waals surface area (Å²) in [6.07, 6.45) is 5.83. The molecule has 3 amide bonds. The lowest BCUT2D eigenvalue weighted by atomic mass is 9.77. The van der Waals surface area contributed by atoms with Crippen LogP contribution in [-0.4, -0.2) is 101 Å². The predicted molar refractivity (Wildman–Crippen MR) is 164 cm³/mol. The monoisotopic (exact) mass is 623 g/mol. The molecule has 8 atom stereocenters. The van der Waals surface area contributed by atoms with Crippen molar-refractivity contribution >= 4 is 23.7 Å². The second-order valence-corrected chi connectivity index (χ2v) is 12.9. The van der Waals surface area contributed by atoms with Gasteiger partial charge in [0.2, 0.25) is 17.7 Å². The van der Waals surface area contributed by atoms with Crippen molar-refractivity contribution in [1.29, 1.82) is 0 Å². The number of likely N-dealkylation sites (tertiary alicyclic amines) is 1. The van der Waals surface area contributed by atoms with Gasteiger partial charge in [0.15, 0.2) is 0 Å². The van der Waals surface area contributed by atoms with Gasteiger partial charge < -0.3 is 34.4 Å². The number of cyclic esters (lactones) is 1. The van der Waals surface area contributed by atoms with Crippen LogP contribution in [0, 0.1) is 17.8 Å². The Morgan fingerprint density at radius 2 is 1.80 bits per heavy atom. The molecular weight excluding hydrogens is 578 g/mol. The molecule has 0 bridgehead atoms. The van der Waals surface area contributed by atoms with Gasteiger partial charge in [-0.05, 0) is 31.7 Å². The molecule has 4 aliphatic rings. The lowest BCUT2D eigenvalue weighted by molar-refractivity contribution is -0.163. The number of esters is 1. The molecule has 45 heavy (non-hydrogen) atoms. The summed E-state index contributed by atoms with van der Waals surface area (Å²) in [6.45, 7) is 7.63. The van der Waals surface area contributed by atoms with Crippen LogP contribution in [0.15, 0.2) is 54.6 Å². The Kier molecular flexibility index (Phi) is 9.81. The Bertz CT molecular complexity index is 1330. The molecule has 1 aromatic carbocycles. The molecular formula is C34H45N3O8. The van der Waals surface area contributed by atoms with Gasteiger partial charge in [-0.25, -0.2) is 0 Å². The van der Waals surface area contributed by atoms with E-state index in [2.05, 4.69) is 5.32 Å². The van der Waals surface area contributed by atoms with E-state index in [1.807, 2.05) is 64.1 Å². The van der Waals surface area contributed by atoms with Crippen LogP contribution in [0.25, 0.3) is 0 Å². The number of fused-ring (bicyclic) bond motifs is 2. The third-order valence-electron chi connectivity index (χ3n) is 9.47. The number of hydrogen-bond acceptors (Lipinski definition) is 8. The second-order valence-electron chi connectivity index (χ2n) is 12.9. The summed E-state index contributed by atoms with van der Waals surface area (Å²) >= 11 is 0. The molecule has 11 heteroatoms. The van der Waals surface area contributed by atoms with Gasteiger partial charge in [-0.3, -0.25) is 19.2 Å². The minimum atomic E-state index is -1.47. The Morgan fingerprint density at radius 1 is 1.07 bits per heavy atom. The standard InChI is InChI=1S/C34H45N3O8/c1-20(2)24(18-38)37-30-32(41)36(21(3)4)17-11-16-34(30)28(31(37)40)27-25(45-34)14-9-10-15-26(39)35-23(19-43-5)29(44-33(27)42)22-12-7-6-8-13-22/h6-9,11-14,16,20-21,23-25,27-30,38H,10,15,17-19H2,1-5H3,(H,35,39)/b14-9-/t23-,24+,25-,27+,28+,29-,30-,34+/m1/s1. The largest absolute Gasteiger partial charge is 0.455 e. The first-order valence-electron chi connectivity index (χ1n) is 15.8. The first kappa shape index (κ1) is 32.8. The van der Waals surface area contributed by atoms with E-state index in [1.54, 1.807) is 23.1 Å². The predicted octanol–water partition coefficient (Wildman–Crippen LogP) is 2.16. The zero-order chi connectivity index (χ0) is 32.5. The number of hydrogen-bond donors (Lipinski definition) is 2. The normalized spacial score (nSPS) is 33.5. The number of ether oxygens (including phenoxy) is 3. The average Bonchev–Trinajstić information content (AvgIpc) is 3.38. The van der Waals surface area contributed by atoms with Crippen molar-refractivity contribution in [2.24, 2.45) is 17.8 Å². The van der Waals surface area contributed by atoms with E-state index in [0.717, 1.165) is 0 Å². The van der Waals surface area contributed by atoms with E-state index < -0.39 is 59.6 Å². The molecule has 0 radical (unpaired) electrons. The summed E-state index contributed by atoms with van der Waals surface area (Å²) in [6, 6.07) is 6.47. The molecule has 5 rings (SSSR count). The molecule has 0 saturated carbocycles. The van der Waals surface area contributed by atoms with Gasteiger partial charge in [0.1, 0.15) is 23.7 Å². The van der Waals surface area contributed by atoms with Crippen molar-refractivity contribution in [2.45, 2.75) is 82.5 Å². The van der Waals surface area contributed by atoms with E-state index in [4.69, 9.17) is 14.2 Å². The number of rotatable bonds is 7. The van der Waals surface area contributed by atoms with Crippen LogP contribution in [0.1, 0.15) is 52.2 Å². The zero-order valence-corrected chi connectivity index (χ0v) is 26.6. The van der Waals surface area contributed by atoms with Gasteiger partial charge >= 0.3 is 5.97 Å². The van der Waals surface area contributed by atoms with Gasteiger partial charge in [0.25, 0.3) is 0 Å². The first-order chi connectivity index (χ1) is 21.5. The quantitative estimate of drug-likeness (QED) is 0.349. The number of amides is 3. The van der Waals surface area contributed by atoms with E-state index in [9.17, 15) is 24.3 Å². The Hall–Kier alpha value is -3.54. The lowest BCUT2D eigenvalue weighted by Crippen LogP contribution is -2.59. The molecule has 2 saturated heterocycles. The molecule has 4 heterocycles. The van der Waals surface area contributed by atoms with Crippen LogP contribution in [0.3, 0.4) is 0 Å². The van der Waals surface area contributed by atoms with Crippen LogP contribution in [0.2, 0.25) is 0 Å². The van der Waals surface area contributed by atoms with Gasteiger partial charge in [0, 0.05) is 26.1 Å². The highest BCUT2D eigenvalue weighted by atomic mass is 16.6. The fraction of sp³-hybridized carbons (Fsp3) is 0.588. The van der Waals surface area contributed by atoms with Gasteiger partial charge in [-0.15, -0.1) is 0 Å². The summed E-state index contributed by atoms with van der Waals surface area (Å²) < 4.78 is 18.5. The third kappa shape index (κ3) is 5.93. The van der Waals surface area contributed by atoms with Crippen LogP contribution < -0.4 is 5.32 Å². The number of nitrogens with one attached hydrogen (secondary N) is 1. The average molecular weight is 624 g/mol. The smallest absolute Gasteiger partial charge is 0.313 e. The maximum atomic E-state index is 14.6. The molecule has 1 spiro atoms. The SMILES string of the molecule is COC[C@H]1NC(=O)CC/C=C\[C@H]2O[C@]34C=CCN(C(C)C)C(=O)[C@H]3N([C@@H](CO)C(C)C)C(=O)[C@@H]4[C@H]2C(=O)O[C@@H]1c1ccccc1. The molecule has 1 aromatic rings. The number of aliphatic hydroxyl groups is 1. The number of nitrogens with zero attached hydrogens (tertiary/aromatic N) is 2. The highest BCUT2D eigenvalue weighted by Crippen LogP contribution is 2.54. The van der Waals surface area contributed by atoms with Gasteiger partial charge in [0.05, 0.1) is 37.3 Å². The van der Waals surface area contributed by atoms with Crippen LogP contribution in [0.5, 0.6) is 0 Å². The van der Waals surface area contributed by atoms with Crippen LogP contribution in [-0.2, 0) is 33.4 Å². The summed E-state index contributed by atoms with van der Waals surface area (Å²) in [5.74, 6) is -3.99. The van der Waals surface area contributed by atoms with E-state index in [1.165, 1.54) is 12.0 Å². The fourth-order valence-corrected chi connectivity index (χ4v) is 7.29. The van der Waals surface area contributed by atoms with E-state index in [0.29, 0.717) is 18.5 Å². The molecule has 2 N–H and O–H groups in total. The number of allylic oxidation sites excluding steroid dienone is 1. The minimum Gasteiger partial charge on any atom is -0.455 e. The number of carbonyl (C=O) groups excluding carboxylic acids is 4. The maximum Gasteiger partial charge on any atom is 0.313 e. The molecule has 0 aromatic heterocycles. The lowest BCUT2D eigenvalue weighted by Gasteiger charge is -2.40. The number of benzene rings is 1. The Morgan fingerprint density at radius 3 is 2.44 bits per heavy atom.